The summed E-state index contributed by atoms with van der Waals surface area (Å²) >= 11 is 2.88. The summed E-state index contributed by atoms with van der Waals surface area (Å²) in [6.45, 7) is 0. The SMILES string of the molecule is COC(=O)C(CBr)C(=O)O. The van der Waals surface area contributed by atoms with E-state index < -0.39 is 17.9 Å². The largest absolute Gasteiger partial charge is 0.481 e. The summed E-state index contributed by atoms with van der Waals surface area (Å²) in [6, 6.07) is 0. The van der Waals surface area contributed by atoms with Gasteiger partial charge in [0.1, 0.15) is 0 Å². The van der Waals surface area contributed by atoms with E-state index in [1.54, 1.807) is 0 Å². The van der Waals surface area contributed by atoms with Crippen LogP contribution in [0.25, 0.3) is 0 Å². The molecule has 10 heavy (non-hydrogen) atoms. The Morgan fingerprint density at radius 3 is 2.30 bits per heavy atom. The van der Waals surface area contributed by atoms with Gasteiger partial charge >= 0.3 is 11.9 Å². The number of esters is 1. The van der Waals surface area contributed by atoms with Crippen molar-refractivity contribution in [1.29, 1.82) is 0 Å². The van der Waals surface area contributed by atoms with Gasteiger partial charge in [-0.15, -0.1) is 0 Å². The fraction of sp³-hybridized carbons (Fsp3) is 0.600. The molecule has 1 atom stereocenters. The summed E-state index contributed by atoms with van der Waals surface area (Å²) < 4.78 is 4.21. The molecule has 0 amide bonds. The topological polar surface area (TPSA) is 63.6 Å². The molecule has 0 saturated heterocycles. The molecule has 0 aromatic carbocycles. The first-order valence-electron chi connectivity index (χ1n) is 2.50. The maximum atomic E-state index is 10.6. The van der Waals surface area contributed by atoms with Gasteiger partial charge in [-0.25, -0.2) is 0 Å². The van der Waals surface area contributed by atoms with Gasteiger partial charge in [-0.05, 0) is 0 Å². The molecule has 0 aliphatic heterocycles. The first-order valence-corrected chi connectivity index (χ1v) is 3.62. The fourth-order valence-corrected chi connectivity index (χ4v) is 0.913. The standard InChI is InChI=1S/C5H7BrO4/c1-10-5(9)3(2-6)4(7)8/h3H,2H2,1H3,(H,7,8). The highest BCUT2D eigenvalue weighted by molar-refractivity contribution is 9.09. The van der Waals surface area contributed by atoms with Crippen molar-refractivity contribution >= 4 is 27.9 Å². The molecular weight excluding hydrogens is 204 g/mol. The first-order chi connectivity index (χ1) is 4.63. The number of rotatable bonds is 3. The molecule has 5 heteroatoms. The quantitative estimate of drug-likeness (QED) is 0.413. The summed E-state index contributed by atoms with van der Waals surface area (Å²) in [4.78, 5) is 20.8. The van der Waals surface area contributed by atoms with Crippen molar-refractivity contribution in [2.75, 3.05) is 12.4 Å². The smallest absolute Gasteiger partial charge is 0.320 e. The molecule has 1 N–H and O–H groups in total. The molecule has 0 bridgehead atoms. The van der Waals surface area contributed by atoms with E-state index in [9.17, 15) is 9.59 Å². The molecule has 0 aromatic rings. The molecule has 0 spiro atoms. The first kappa shape index (κ1) is 9.42. The molecule has 0 rings (SSSR count). The number of carbonyl (C=O) groups excluding carboxylic acids is 1. The van der Waals surface area contributed by atoms with Crippen LogP contribution in [0.2, 0.25) is 0 Å². The lowest BCUT2D eigenvalue weighted by Gasteiger charge is -2.04. The Kier molecular flexibility index (Phi) is 4.02. The monoisotopic (exact) mass is 210 g/mol. The van der Waals surface area contributed by atoms with Crippen molar-refractivity contribution in [3.05, 3.63) is 0 Å². The Bertz CT molecular complexity index is 145. The van der Waals surface area contributed by atoms with Crippen LogP contribution >= 0.6 is 15.9 Å². The van der Waals surface area contributed by atoms with Crippen LogP contribution in [0.1, 0.15) is 0 Å². The molecule has 0 radical (unpaired) electrons. The molecule has 0 saturated carbocycles. The van der Waals surface area contributed by atoms with E-state index in [0.29, 0.717) is 0 Å². The lowest BCUT2D eigenvalue weighted by Crippen LogP contribution is -2.26. The maximum absolute atomic E-state index is 10.6. The van der Waals surface area contributed by atoms with Gasteiger partial charge in [0.2, 0.25) is 0 Å². The number of aliphatic carboxylic acids is 1. The summed E-state index contributed by atoms with van der Waals surface area (Å²) in [5.41, 5.74) is 0. The summed E-state index contributed by atoms with van der Waals surface area (Å²) in [5.74, 6) is -3.00. The Balaban J connectivity index is 4.06. The van der Waals surface area contributed by atoms with Crippen molar-refractivity contribution in [2.24, 2.45) is 5.92 Å². The van der Waals surface area contributed by atoms with Crippen molar-refractivity contribution in [3.8, 4) is 0 Å². The lowest BCUT2D eigenvalue weighted by molar-refractivity contribution is -0.155. The molecule has 0 aliphatic rings. The number of hydrogen-bond acceptors (Lipinski definition) is 3. The van der Waals surface area contributed by atoms with Crippen LogP contribution in [0.4, 0.5) is 0 Å². The van der Waals surface area contributed by atoms with Gasteiger partial charge < -0.3 is 9.84 Å². The van der Waals surface area contributed by atoms with E-state index in [2.05, 4.69) is 20.7 Å². The second kappa shape index (κ2) is 4.27. The second-order valence-electron chi connectivity index (χ2n) is 1.57. The van der Waals surface area contributed by atoms with Gasteiger partial charge in [-0.2, -0.15) is 0 Å². The normalized spacial score (nSPS) is 12.2. The van der Waals surface area contributed by atoms with Crippen molar-refractivity contribution in [2.45, 2.75) is 0 Å². The van der Waals surface area contributed by atoms with Crippen molar-refractivity contribution in [3.63, 3.8) is 0 Å². The number of carbonyl (C=O) groups is 2. The highest BCUT2D eigenvalue weighted by Gasteiger charge is 2.25. The molecule has 0 aromatic heterocycles. The minimum absolute atomic E-state index is 0.0784. The molecule has 1 unspecified atom stereocenters. The number of halogens is 1. The Hall–Kier alpha value is -0.580. The van der Waals surface area contributed by atoms with Crippen LogP contribution in [0, 0.1) is 5.92 Å². The van der Waals surface area contributed by atoms with Gasteiger partial charge in [0.15, 0.2) is 5.92 Å². The average molecular weight is 211 g/mol. The zero-order chi connectivity index (χ0) is 8.15. The van der Waals surface area contributed by atoms with Crippen LogP contribution in [-0.4, -0.2) is 29.5 Å². The highest BCUT2D eigenvalue weighted by atomic mass is 79.9. The minimum Gasteiger partial charge on any atom is -0.481 e. The van der Waals surface area contributed by atoms with Crippen LogP contribution in [0.15, 0.2) is 0 Å². The van der Waals surface area contributed by atoms with E-state index >= 15 is 0 Å². The summed E-state index contributed by atoms with van der Waals surface area (Å²) in [6.07, 6.45) is 0. The predicted molar refractivity (Wildman–Crippen MR) is 36.9 cm³/mol. The molecule has 0 heterocycles. The Morgan fingerprint density at radius 1 is 1.70 bits per heavy atom. The minimum atomic E-state index is -1.18. The van der Waals surface area contributed by atoms with Crippen molar-refractivity contribution in [1.82, 2.24) is 0 Å². The number of carboxylic acid groups (broad SMARTS) is 1. The van der Waals surface area contributed by atoms with E-state index in [0.717, 1.165) is 7.11 Å². The second-order valence-corrected chi connectivity index (χ2v) is 2.22. The van der Waals surface area contributed by atoms with E-state index in [4.69, 9.17) is 5.11 Å². The Morgan fingerprint density at radius 2 is 2.20 bits per heavy atom. The molecule has 0 fully saturated rings. The average Bonchev–Trinajstić information content (AvgIpc) is 1.88. The number of carboxylic acids is 1. The van der Waals surface area contributed by atoms with Crippen LogP contribution < -0.4 is 0 Å². The highest BCUT2D eigenvalue weighted by Crippen LogP contribution is 2.03. The third-order valence-corrected chi connectivity index (χ3v) is 1.59. The summed E-state index contributed by atoms with van der Waals surface area (Å²) in [7, 11) is 1.15. The van der Waals surface area contributed by atoms with Gasteiger partial charge in [0, 0.05) is 5.33 Å². The molecule has 58 valence electrons. The predicted octanol–water partition coefficient (Wildman–Crippen LogP) is 0.255. The van der Waals surface area contributed by atoms with Gasteiger partial charge in [-0.3, -0.25) is 9.59 Å². The van der Waals surface area contributed by atoms with Gasteiger partial charge in [0.25, 0.3) is 0 Å². The zero-order valence-electron chi connectivity index (χ0n) is 5.33. The van der Waals surface area contributed by atoms with Crippen LogP contribution in [-0.2, 0) is 14.3 Å². The number of methoxy groups -OCH3 is 1. The molecule has 0 aliphatic carbocycles. The van der Waals surface area contributed by atoms with Gasteiger partial charge in [0.05, 0.1) is 7.11 Å². The van der Waals surface area contributed by atoms with E-state index in [1.807, 2.05) is 0 Å². The van der Waals surface area contributed by atoms with Crippen molar-refractivity contribution < 1.29 is 19.4 Å². The van der Waals surface area contributed by atoms with E-state index in [-0.39, 0.29) is 5.33 Å². The fourth-order valence-electron chi connectivity index (χ4n) is 0.372. The number of hydrogen-bond donors (Lipinski definition) is 1. The third kappa shape index (κ3) is 2.34. The van der Waals surface area contributed by atoms with E-state index in [1.165, 1.54) is 0 Å². The van der Waals surface area contributed by atoms with Gasteiger partial charge in [-0.1, -0.05) is 15.9 Å². The van der Waals surface area contributed by atoms with Crippen LogP contribution in [0.3, 0.4) is 0 Å². The Labute approximate surface area is 66.3 Å². The molecule has 4 nitrogen and oxygen atoms in total. The van der Waals surface area contributed by atoms with Crippen LogP contribution in [0.5, 0.6) is 0 Å². The third-order valence-electron chi connectivity index (χ3n) is 0.938. The number of ether oxygens (including phenoxy) is 1. The summed E-state index contributed by atoms with van der Waals surface area (Å²) in [5, 5.41) is 8.42. The number of alkyl halides is 1. The zero-order valence-corrected chi connectivity index (χ0v) is 6.92. The maximum Gasteiger partial charge on any atom is 0.320 e. The molecular formula is C5H7BrO4. The lowest BCUT2D eigenvalue weighted by atomic mass is 10.2.